The average Bonchev–Trinajstić information content (AvgIpc) is 0. The largest absolute Gasteiger partial charge is 2.00 e. The van der Waals surface area contributed by atoms with Gasteiger partial charge in [0, 0.05) is 0 Å². The molecule has 0 heterocycles. The molecular weight excluding hydrogens is 342 g/mol. The summed E-state index contributed by atoms with van der Waals surface area (Å²) in [5, 5.41) is 0. The molecule has 0 atom stereocenters. The van der Waals surface area contributed by atoms with Gasteiger partial charge < -0.3 is 25.9 Å². The van der Waals surface area contributed by atoms with Crippen LogP contribution in [-0.2, 0) is 13.5 Å². The molecule has 0 aromatic carbocycles. The van der Waals surface area contributed by atoms with Gasteiger partial charge in [0.25, 0.3) is 0 Å². The molecule has 0 spiro atoms. The topological polar surface area (TPSA) is 0 Å². The zero-order valence-electron chi connectivity index (χ0n) is 2.20. The monoisotopic (exact) mass is 343 g/mol. The van der Waals surface area contributed by atoms with Crippen LogP contribution < -0.4 is 12.4 Å². The van der Waals surface area contributed by atoms with Crippen LogP contribution in [0.3, 0.4) is 0 Å². The summed E-state index contributed by atoms with van der Waals surface area (Å²) in [5.41, 5.74) is 0. The van der Waals surface area contributed by atoms with Crippen molar-refractivity contribution in [2.45, 2.75) is 0 Å². The molecule has 0 bridgehead atoms. The van der Waals surface area contributed by atoms with Crippen LogP contribution in [-0.4, -0.2) is 97.8 Å². The van der Waals surface area contributed by atoms with Crippen LogP contribution in [0.2, 0.25) is 0 Å². The molecule has 0 nitrogen and oxygen atoms in total. The number of hydrogen-bond acceptors (Lipinski definition) is 0. The molecule has 0 saturated carbocycles. The Morgan fingerprint density at radius 3 is 0.750 bits per heavy atom. The van der Waals surface area contributed by atoms with Crippen LogP contribution in [0.4, 0.5) is 0 Å². The van der Waals surface area contributed by atoms with Crippen molar-refractivity contribution in [3.63, 3.8) is 0 Å². The molecule has 0 N–H and O–H groups in total. The Morgan fingerprint density at radius 2 is 0.750 bits per heavy atom. The van der Waals surface area contributed by atoms with Crippen molar-refractivity contribution in [2.24, 2.45) is 0 Å². The van der Waals surface area contributed by atoms with Gasteiger partial charge in [-0.05, 0) is 0 Å². The van der Waals surface area contributed by atoms with Crippen LogP contribution in [0.25, 0.3) is 0 Å². The third-order valence-electron chi connectivity index (χ3n) is 0. The molecule has 0 aliphatic heterocycles. The maximum Gasteiger partial charge on any atom is 2.00 e. The SMILES string of the molecule is [Ba+2].[Ba+2].[Cl-].[S-2]. The summed E-state index contributed by atoms with van der Waals surface area (Å²) in [6.45, 7) is 0. The minimum absolute atomic E-state index is 0. The molecule has 16 valence electrons. The first-order valence-corrected chi connectivity index (χ1v) is 0. The Morgan fingerprint density at radius 1 is 0.750 bits per heavy atom. The smallest absolute Gasteiger partial charge is 2.00 e. The maximum absolute atomic E-state index is 0. The van der Waals surface area contributed by atoms with E-state index in [2.05, 4.69) is 0 Å². The molecule has 0 rings (SSSR count). The summed E-state index contributed by atoms with van der Waals surface area (Å²) in [5.74, 6) is 0. The zero-order valence-corrected chi connectivity index (χ0v) is 12.7. The molecule has 0 amide bonds. The van der Waals surface area contributed by atoms with Crippen LogP contribution in [0.5, 0.6) is 0 Å². The first kappa shape index (κ1) is 25.0. The first-order valence-electron chi connectivity index (χ1n) is 0. The Balaban J connectivity index is 0. The van der Waals surface area contributed by atoms with E-state index in [0.29, 0.717) is 0 Å². The number of rotatable bonds is 0. The van der Waals surface area contributed by atoms with Crippen LogP contribution in [0.15, 0.2) is 0 Å². The van der Waals surface area contributed by atoms with Crippen LogP contribution in [0, 0.1) is 0 Å². The van der Waals surface area contributed by atoms with E-state index in [0.717, 1.165) is 0 Å². The predicted molar refractivity (Wildman–Crippen MR) is 18.9 cm³/mol. The van der Waals surface area contributed by atoms with E-state index in [1.807, 2.05) is 0 Å². The van der Waals surface area contributed by atoms with Gasteiger partial charge in [-0.2, -0.15) is 0 Å². The first-order chi connectivity index (χ1) is 0. The molecule has 0 aliphatic rings. The fourth-order valence-corrected chi connectivity index (χ4v) is 0. The molecule has 0 unspecified atom stereocenters. The summed E-state index contributed by atoms with van der Waals surface area (Å²) >= 11 is 0. The van der Waals surface area contributed by atoms with E-state index in [1.165, 1.54) is 0 Å². The molecule has 0 radical (unpaired) electrons. The second-order valence-electron chi connectivity index (χ2n) is 0. The van der Waals surface area contributed by atoms with E-state index >= 15 is 0 Å². The van der Waals surface area contributed by atoms with Crippen molar-refractivity contribution in [1.82, 2.24) is 0 Å². The Bertz CT molecular complexity index is 6.00. The van der Waals surface area contributed by atoms with Crippen molar-refractivity contribution >= 4 is 111 Å². The van der Waals surface area contributed by atoms with Gasteiger partial charge in [-0.3, -0.25) is 0 Å². The summed E-state index contributed by atoms with van der Waals surface area (Å²) in [6.07, 6.45) is 0. The summed E-state index contributed by atoms with van der Waals surface area (Å²) < 4.78 is 0. The molecule has 0 aromatic rings. The minimum atomic E-state index is 0. The normalized spacial score (nSPS) is 0. The fourth-order valence-electron chi connectivity index (χ4n) is 0. The van der Waals surface area contributed by atoms with Gasteiger partial charge in [-0.15, -0.1) is 0 Å². The summed E-state index contributed by atoms with van der Waals surface area (Å²) in [6, 6.07) is 0. The molecule has 4 heteroatoms. The van der Waals surface area contributed by atoms with Crippen molar-refractivity contribution in [3.05, 3.63) is 0 Å². The van der Waals surface area contributed by atoms with E-state index < -0.39 is 0 Å². The zero-order chi connectivity index (χ0) is 0. The van der Waals surface area contributed by atoms with E-state index in [4.69, 9.17) is 0 Å². The van der Waals surface area contributed by atoms with Gasteiger partial charge in [-0.25, -0.2) is 0 Å². The molecule has 0 saturated heterocycles. The summed E-state index contributed by atoms with van der Waals surface area (Å²) in [4.78, 5) is 0. The summed E-state index contributed by atoms with van der Waals surface area (Å²) in [7, 11) is 0. The number of halogens is 1. The van der Waals surface area contributed by atoms with E-state index in [9.17, 15) is 0 Å². The Kier molecular flexibility index (Phi) is 99.2. The van der Waals surface area contributed by atoms with E-state index in [-0.39, 0.29) is 124 Å². The van der Waals surface area contributed by atoms with Crippen molar-refractivity contribution < 1.29 is 12.4 Å². The number of hydrogen-bond donors (Lipinski definition) is 0. The quantitative estimate of drug-likeness (QED) is 0.397. The molecule has 0 aromatic heterocycles. The van der Waals surface area contributed by atoms with Crippen molar-refractivity contribution in [2.75, 3.05) is 0 Å². The standard InChI is InChI=1S/2Ba.ClH.S/h;;1H;/q2*+2;;-2/p-1. The minimum Gasteiger partial charge on any atom is -2.00 e. The van der Waals surface area contributed by atoms with Crippen LogP contribution >= 0.6 is 0 Å². The molecular formula is Ba2ClS+. The van der Waals surface area contributed by atoms with Gasteiger partial charge in [0.2, 0.25) is 0 Å². The predicted octanol–water partition coefficient (Wildman–Crippen LogP) is -3.76. The van der Waals surface area contributed by atoms with Gasteiger partial charge in [0.15, 0.2) is 0 Å². The van der Waals surface area contributed by atoms with Gasteiger partial charge in [0.05, 0.1) is 0 Å². The van der Waals surface area contributed by atoms with Gasteiger partial charge >= 0.3 is 97.8 Å². The molecule has 0 fully saturated rings. The van der Waals surface area contributed by atoms with Gasteiger partial charge in [0.1, 0.15) is 0 Å². The molecule has 4 heavy (non-hydrogen) atoms. The van der Waals surface area contributed by atoms with Crippen molar-refractivity contribution in [3.8, 4) is 0 Å². The van der Waals surface area contributed by atoms with Crippen LogP contribution in [0.1, 0.15) is 0 Å². The average molecular weight is 342 g/mol. The third kappa shape index (κ3) is 9.24. The third-order valence-corrected chi connectivity index (χ3v) is 0. The maximum atomic E-state index is 0. The Hall–Kier alpha value is 3.78. The second-order valence-corrected chi connectivity index (χ2v) is 0. The van der Waals surface area contributed by atoms with Gasteiger partial charge in [-0.1, -0.05) is 0 Å². The fraction of sp³-hybridized carbons (Fsp3) is 0. The second kappa shape index (κ2) is 15.9. The molecule has 0 aliphatic carbocycles. The Labute approximate surface area is 120 Å². The van der Waals surface area contributed by atoms with Crippen molar-refractivity contribution in [1.29, 1.82) is 0 Å². The van der Waals surface area contributed by atoms with E-state index in [1.54, 1.807) is 0 Å².